The summed E-state index contributed by atoms with van der Waals surface area (Å²) in [5, 5.41) is 9.05. The van der Waals surface area contributed by atoms with E-state index < -0.39 is 11.5 Å². The Morgan fingerprint density at radius 1 is 1.47 bits per heavy atom. The van der Waals surface area contributed by atoms with Crippen molar-refractivity contribution >= 4 is 5.97 Å². The zero-order valence-electron chi connectivity index (χ0n) is 8.52. The SMILES string of the molecule is C=CC[C@](N)(Cc1ccccc1)C(=O)O. The topological polar surface area (TPSA) is 63.3 Å². The molecule has 0 saturated heterocycles. The lowest BCUT2D eigenvalue weighted by atomic mass is 9.89. The lowest BCUT2D eigenvalue weighted by Crippen LogP contribution is -2.49. The number of nitrogens with two attached hydrogens (primary N) is 1. The van der Waals surface area contributed by atoms with Gasteiger partial charge in [0, 0.05) is 6.42 Å². The largest absolute Gasteiger partial charge is 0.480 e. The summed E-state index contributed by atoms with van der Waals surface area (Å²) in [6.45, 7) is 3.53. The second-order valence-electron chi connectivity index (χ2n) is 3.62. The van der Waals surface area contributed by atoms with Gasteiger partial charge in [-0.25, -0.2) is 0 Å². The standard InChI is InChI=1S/C12H15NO2/c1-2-8-12(13,11(14)15)9-10-6-4-3-5-7-10/h2-7H,1,8-9,13H2,(H,14,15)/t12-/m0/s1. The van der Waals surface area contributed by atoms with Crippen LogP contribution < -0.4 is 5.73 Å². The van der Waals surface area contributed by atoms with Gasteiger partial charge in [-0.15, -0.1) is 6.58 Å². The highest BCUT2D eigenvalue weighted by Gasteiger charge is 2.32. The maximum atomic E-state index is 11.0. The van der Waals surface area contributed by atoms with Gasteiger partial charge in [0.1, 0.15) is 5.54 Å². The smallest absolute Gasteiger partial charge is 0.324 e. The van der Waals surface area contributed by atoms with Crippen molar-refractivity contribution in [3.05, 3.63) is 48.6 Å². The zero-order chi connectivity index (χ0) is 11.3. The molecule has 0 radical (unpaired) electrons. The summed E-state index contributed by atoms with van der Waals surface area (Å²) in [5.74, 6) is -0.994. The third kappa shape index (κ3) is 2.92. The molecule has 0 aliphatic rings. The first-order valence-corrected chi connectivity index (χ1v) is 4.75. The van der Waals surface area contributed by atoms with Gasteiger partial charge in [0.2, 0.25) is 0 Å². The van der Waals surface area contributed by atoms with Gasteiger partial charge in [0.25, 0.3) is 0 Å². The molecular formula is C12H15NO2. The molecule has 0 heterocycles. The molecule has 80 valence electrons. The first-order valence-electron chi connectivity index (χ1n) is 4.75. The first-order chi connectivity index (χ1) is 7.08. The van der Waals surface area contributed by atoms with E-state index in [2.05, 4.69) is 6.58 Å². The Morgan fingerprint density at radius 2 is 2.07 bits per heavy atom. The third-order valence-corrected chi connectivity index (χ3v) is 2.30. The summed E-state index contributed by atoms with van der Waals surface area (Å²) in [4.78, 5) is 11.0. The van der Waals surface area contributed by atoms with Crippen molar-refractivity contribution in [2.75, 3.05) is 0 Å². The molecule has 3 heteroatoms. The van der Waals surface area contributed by atoms with Gasteiger partial charge >= 0.3 is 5.97 Å². The lowest BCUT2D eigenvalue weighted by molar-refractivity contribution is -0.143. The number of carboxylic acids is 1. The molecule has 1 atom stereocenters. The molecule has 0 saturated carbocycles. The van der Waals surface area contributed by atoms with Crippen molar-refractivity contribution in [1.29, 1.82) is 0 Å². The Labute approximate surface area is 89.2 Å². The van der Waals surface area contributed by atoms with E-state index in [0.717, 1.165) is 5.56 Å². The predicted molar refractivity (Wildman–Crippen MR) is 59.5 cm³/mol. The van der Waals surface area contributed by atoms with Gasteiger partial charge in [-0.05, 0) is 12.0 Å². The Morgan fingerprint density at radius 3 is 2.53 bits per heavy atom. The van der Waals surface area contributed by atoms with Crippen LogP contribution in [0.25, 0.3) is 0 Å². The number of hydrogen-bond donors (Lipinski definition) is 2. The van der Waals surface area contributed by atoms with Crippen molar-refractivity contribution < 1.29 is 9.90 Å². The Balaban J connectivity index is 2.84. The molecule has 0 unspecified atom stereocenters. The molecule has 15 heavy (non-hydrogen) atoms. The average Bonchev–Trinajstić information content (AvgIpc) is 2.19. The number of rotatable bonds is 5. The van der Waals surface area contributed by atoms with E-state index in [9.17, 15) is 4.79 Å². The van der Waals surface area contributed by atoms with Gasteiger partial charge in [-0.2, -0.15) is 0 Å². The van der Waals surface area contributed by atoms with Gasteiger partial charge in [0.15, 0.2) is 0 Å². The quantitative estimate of drug-likeness (QED) is 0.717. The number of carboxylic acid groups (broad SMARTS) is 1. The second-order valence-corrected chi connectivity index (χ2v) is 3.62. The summed E-state index contributed by atoms with van der Waals surface area (Å²) in [5.41, 5.74) is 5.49. The molecule has 0 aliphatic heterocycles. The van der Waals surface area contributed by atoms with Gasteiger partial charge < -0.3 is 10.8 Å². The molecule has 0 bridgehead atoms. The minimum atomic E-state index is -1.25. The number of carbonyl (C=O) groups is 1. The van der Waals surface area contributed by atoms with Gasteiger partial charge in [-0.1, -0.05) is 36.4 Å². The van der Waals surface area contributed by atoms with Crippen molar-refractivity contribution in [1.82, 2.24) is 0 Å². The van der Waals surface area contributed by atoms with E-state index in [0.29, 0.717) is 6.42 Å². The van der Waals surface area contributed by atoms with Crippen LogP contribution in [0.4, 0.5) is 0 Å². The molecule has 3 nitrogen and oxygen atoms in total. The van der Waals surface area contributed by atoms with Crippen LogP contribution in [0.15, 0.2) is 43.0 Å². The fourth-order valence-electron chi connectivity index (χ4n) is 1.45. The molecule has 3 N–H and O–H groups in total. The van der Waals surface area contributed by atoms with E-state index in [1.165, 1.54) is 6.08 Å². The average molecular weight is 205 g/mol. The summed E-state index contributed by atoms with van der Waals surface area (Å²) in [6.07, 6.45) is 2.11. The van der Waals surface area contributed by atoms with Gasteiger partial charge in [-0.3, -0.25) is 4.79 Å². The molecule has 0 aromatic heterocycles. The van der Waals surface area contributed by atoms with Crippen LogP contribution in [0.1, 0.15) is 12.0 Å². The molecule has 1 rings (SSSR count). The summed E-state index contributed by atoms with van der Waals surface area (Å²) >= 11 is 0. The van der Waals surface area contributed by atoms with Crippen molar-refractivity contribution in [3.8, 4) is 0 Å². The summed E-state index contributed by atoms with van der Waals surface area (Å²) in [7, 11) is 0. The van der Waals surface area contributed by atoms with Crippen LogP contribution in [0, 0.1) is 0 Å². The molecule has 1 aromatic rings. The number of benzene rings is 1. The van der Waals surface area contributed by atoms with Crippen LogP contribution >= 0.6 is 0 Å². The van der Waals surface area contributed by atoms with Crippen molar-refractivity contribution in [2.24, 2.45) is 5.73 Å². The van der Waals surface area contributed by atoms with E-state index in [4.69, 9.17) is 10.8 Å². The summed E-state index contributed by atoms with van der Waals surface area (Å²) in [6, 6.07) is 9.36. The zero-order valence-corrected chi connectivity index (χ0v) is 8.52. The van der Waals surface area contributed by atoms with Gasteiger partial charge in [0.05, 0.1) is 0 Å². The summed E-state index contributed by atoms with van der Waals surface area (Å²) < 4.78 is 0. The fraction of sp³-hybridized carbons (Fsp3) is 0.250. The van der Waals surface area contributed by atoms with Crippen molar-refractivity contribution in [2.45, 2.75) is 18.4 Å². The van der Waals surface area contributed by atoms with Crippen molar-refractivity contribution in [3.63, 3.8) is 0 Å². The molecule has 0 aliphatic carbocycles. The second kappa shape index (κ2) is 4.75. The normalized spacial score (nSPS) is 14.2. The molecule has 0 fully saturated rings. The van der Waals surface area contributed by atoms with E-state index in [1.54, 1.807) is 0 Å². The minimum absolute atomic E-state index is 0.261. The van der Waals surface area contributed by atoms with Crippen LogP contribution in [-0.4, -0.2) is 16.6 Å². The number of hydrogen-bond acceptors (Lipinski definition) is 2. The highest BCUT2D eigenvalue weighted by atomic mass is 16.4. The Bertz CT molecular complexity index is 348. The third-order valence-electron chi connectivity index (χ3n) is 2.30. The maximum Gasteiger partial charge on any atom is 0.324 e. The monoisotopic (exact) mass is 205 g/mol. The van der Waals surface area contributed by atoms with Crippen LogP contribution in [0.2, 0.25) is 0 Å². The Kier molecular flexibility index (Phi) is 3.63. The molecule has 0 spiro atoms. The van der Waals surface area contributed by atoms with Crippen LogP contribution in [-0.2, 0) is 11.2 Å². The Hall–Kier alpha value is -1.61. The predicted octanol–water partition coefficient (Wildman–Crippen LogP) is 1.59. The molecular weight excluding hydrogens is 190 g/mol. The highest BCUT2D eigenvalue weighted by molar-refractivity contribution is 5.79. The van der Waals surface area contributed by atoms with Crippen LogP contribution in [0.5, 0.6) is 0 Å². The highest BCUT2D eigenvalue weighted by Crippen LogP contribution is 2.15. The molecule has 0 amide bonds. The lowest BCUT2D eigenvalue weighted by Gasteiger charge is -2.23. The maximum absolute atomic E-state index is 11.0. The minimum Gasteiger partial charge on any atom is -0.480 e. The number of aliphatic carboxylic acids is 1. The fourth-order valence-corrected chi connectivity index (χ4v) is 1.45. The van der Waals surface area contributed by atoms with E-state index in [1.807, 2.05) is 30.3 Å². The molecule has 1 aromatic carbocycles. The van der Waals surface area contributed by atoms with Crippen LogP contribution in [0.3, 0.4) is 0 Å². The first kappa shape index (κ1) is 11.5. The van der Waals surface area contributed by atoms with E-state index >= 15 is 0 Å². The van der Waals surface area contributed by atoms with E-state index in [-0.39, 0.29) is 6.42 Å².